The lowest BCUT2D eigenvalue weighted by Crippen LogP contribution is -2.28. The van der Waals surface area contributed by atoms with Gasteiger partial charge in [0.2, 0.25) is 0 Å². The van der Waals surface area contributed by atoms with Crippen molar-refractivity contribution in [1.29, 1.82) is 0 Å². The van der Waals surface area contributed by atoms with Crippen LogP contribution in [0.5, 0.6) is 0 Å². The second kappa shape index (κ2) is 7.62. The number of hydrogen-bond donors (Lipinski definition) is 0. The lowest BCUT2D eigenvalue weighted by molar-refractivity contribution is 0.0216. The first-order chi connectivity index (χ1) is 11.2. The van der Waals surface area contributed by atoms with Crippen LogP contribution in [0.15, 0.2) is 54.6 Å². The smallest absolute Gasteiger partial charge is 0.338 e. The Balaban J connectivity index is 1.74. The van der Waals surface area contributed by atoms with Crippen molar-refractivity contribution >= 4 is 17.6 Å². The molecule has 1 saturated heterocycles. The molecule has 0 aromatic heterocycles. The van der Waals surface area contributed by atoms with Crippen molar-refractivity contribution < 1.29 is 9.53 Å². The molecule has 0 bridgehead atoms. The minimum absolute atomic E-state index is 0.252. The van der Waals surface area contributed by atoms with Gasteiger partial charge in [0.15, 0.2) is 0 Å². The predicted molar refractivity (Wildman–Crippen MR) is 91.7 cm³/mol. The third kappa shape index (κ3) is 4.34. The molecule has 2 aromatic rings. The van der Waals surface area contributed by atoms with Gasteiger partial charge in [0, 0.05) is 11.6 Å². The predicted octanol–water partition coefficient (Wildman–Crippen LogP) is 4.33. The van der Waals surface area contributed by atoms with Crippen LogP contribution >= 0.6 is 11.6 Å². The molecule has 120 valence electrons. The standard InChI is InChI=1S/C19H20ClNO2/c20-17-10-8-16(9-11-17)19(22)23-18(14-21-12-4-5-13-21)15-6-2-1-3-7-15/h1-3,6-11,18H,4-5,12-14H2/t18-/m0/s1. The lowest BCUT2D eigenvalue weighted by atomic mass is 10.1. The van der Waals surface area contributed by atoms with E-state index in [4.69, 9.17) is 16.3 Å². The van der Waals surface area contributed by atoms with Gasteiger partial charge in [0.05, 0.1) is 5.56 Å². The molecule has 23 heavy (non-hydrogen) atoms. The number of nitrogens with zero attached hydrogens (tertiary/aromatic N) is 1. The van der Waals surface area contributed by atoms with Crippen molar-refractivity contribution in [2.75, 3.05) is 19.6 Å². The minimum Gasteiger partial charge on any atom is -0.453 e. The summed E-state index contributed by atoms with van der Waals surface area (Å²) in [6, 6.07) is 16.7. The summed E-state index contributed by atoms with van der Waals surface area (Å²) in [5.41, 5.74) is 1.55. The Bertz CT molecular complexity index is 636. The molecule has 0 spiro atoms. The molecule has 4 heteroatoms. The Kier molecular flexibility index (Phi) is 5.31. The molecule has 0 aliphatic carbocycles. The highest BCUT2D eigenvalue weighted by Gasteiger charge is 2.22. The monoisotopic (exact) mass is 329 g/mol. The van der Waals surface area contributed by atoms with Crippen LogP contribution in [0, 0.1) is 0 Å². The highest BCUT2D eigenvalue weighted by molar-refractivity contribution is 6.30. The van der Waals surface area contributed by atoms with Crippen LogP contribution in [0.3, 0.4) is 0 Å². The maximum absolute atomic E-state index is 12.4. The van der Waals surface area contributed by atoms with Crippen molar-refractivity contribution in [2.24, 2.45) is 0 Å². The van der Waals surface area contributed by atoms with Gasteiger partial charge in [-0.25, -0.2) is 4.79 Å². The number of carbonyl (C=O) groups is 1. The molecule has 0 unspecified atom stereocenters. The molecule has 3 nitrogen and oxygen atoms in total. The number of halogens is 1. The molecular weight excluding hydrogens is 310 g/mol. The first kappa shape index (κ1) is 16.0. The molecule has 1 aliphatic heterocycles. The van der Waals surface area contributed by atoms with E-state index in [0.29, 0.717) is 10.6 Å². The molecule has 1 aliphatic rings. The SMILES string of the molecule is O=C(O[C@@H](CN1CCCC1)c1ccccc1)c1ccc(Cl)cc1. The summed E-state index contributed by atoms with van der Waals surface area (Å²) < 4.78 is 5.80. The Labute approximate surface area is 141 Å². The van der Waals surface area contributed by atoms with Crippen LogP contribution in [0.2, 0.25) is 5.02 Å². The number of likely N-dealkylation sites (tertiary alicyclic amines) is 1. The maximum atomic E-state index is 12.4. The highest BCUT2D eigenvalue weighted by atomic mass is 35.5. The van der Waals surface area contributed by atoms with E-state index in [1.807, 2.05) is 30.3 Å². The largest absolute Gasteiger partial charge is 0.453 e. The van der Waals surface area contributed by atoms with E-state index in [1.54, 1.807) is 24.3 Å². The van der Waals surface area contributed by atoms with Gasteiger partial charge in [0.25, 0.3) is 0 Å². The van der Waals surface area contributed by atoms with Gasteiger partial charge in [-0.2, -0.15) is 0 Å². The van der Waals surface area contributed by atoms with E-state index in [9.17, 15) is 4.79 Å². The highest BCUT2D eigenvalue weighted by Crippen LogP contribution is 2.23. The Morgan fingerprint density at radius 2 is 1.70 bits per heavy atom. The zero-order valence-electron chi connectivity index (χ0n) is 13.0. The summed E-state index contributed by atoms with van der Waals surface area (Å²) in [5, 5.41) is 0.609. The first-order valence-corrected chi connectivity index (χ1v) is 8.34. The summed E-state index contributed by atoms with van der Waals surface area (Å²) >= 11 is 5.87. The Morgan fingerprint density at radius 3 is 2.35 bits per heavy atom. The van der Waals surface area contributed by atoms with E-state index in [2.05, 4.69) is 4.90 Å². The number of rotatable bonds is 5. The molecule has 0 N–H and O–H groups in total. The van der Waals surface area contributed by atoms with Crippen LogP contribution < -0.4 is 0 Å². The van der Waals surface area contributed by atoms with Crippen molar-refractivity contribution in [3.8, 4) is 0 Å². The number of ether oxygens (including phenoxy) is 1. The average molecular weight is 330 g/mol. The Hall–Kier alpha value is -1.84. The zero-order valence-corrected chi connectivity index (χ0v) is 13.7. The van der Waals surface area contributed by atoms with E-state index >= 15 is 0 Å². The molecule has 1 fully saturated rings. The molecule has 0 saturated carbocycles. The fraction of sp³-hybridized carbons (Fsp3) is 0.316. The quantitative estimate of drug-likeness (QED) is 0.764. The van der Waals surface area contributed by atoms with Crippen molar-refractivity contribution in [1.82, 2.24) is 4.90 Å². The molecule has 1 atom stereocenters. The first-order valence-electron chi connectivity index (χ1n) is 7.96. The third-order valence-electron chi connectivity index (χ3n) is 4.12. The summed E-state index contributed by atoms with van der Waals surface area (Å²) in [6.45, 7) is 2.88. The zero-order chi connectivity index (χ0) is 16.1. The fourth-order valence-electron chi connectivity index (χ4n) is 2.86. The summed E-state index contributed by atoms with van der Waals surface area (Å²) in [5.74, 6) is -0.310. The normalized spacial score (nSPS) is 16.2. The number of benzene rings is 2. The van der Waals surface area contributed by atoms with Crippen molar-refractivity contribution in [2.45, 2.75) is 18.9 Å². The number of carbonyl (C=O) groups excluding carboxylic acids is 1. The second-order valence-electron chi connectivity index (χ2n) is 5.82. The topological polar surface area (TPSA) is 29.5 Å². The average Bonchev–Trinajstić information content (AvgIpc) is 3.09. The lowest BCUT2D eigenvalue weighted by Gasteiger charge is -2.24. The van der Waals surface area contributed by atoms with Gasteiger partial charge < -0.3 is 4.74 Å². The summed E-state index contributed by atoms with van der Waals surface area (Å²) in [6.07, 6.45) is 2.18. The van der Waals surface area contributed by atoms with Crippen LogP contribution in [-0.4, -0.2) is 30.5 Å². The van der Waals surface area contributed by atoms with E-state index in [1.165, 1.54) is 12.8 Å². The van der Waals surface area contributed by atoms with Crippen molar-refractivity contribution in [3.05, 3.63) is 70.7 Å². The Morgan fingerprint density at radius 1 is 1.04 bits per heavy atom. The third-order valence-corrected chi connectivity index (χ3v) is 4.38. The molecule has 2 aromatic carbocycles. The number of hydrogen-bond acceptors (Lipinski definition) is 3. The van der Waals surface area contributed by atoms with E-state index in [-0.39, 0.29) is 12.1 Å². The molecule has 0 radical (unpaired) electrons. The summed E-state index contributed by atoms with van der Waals surface area (Å²) in [4.78, 5) is 14.8. The fourth-order valence-corrected chi connectivity index (χ4v) is 2.99. The van der Waals surface area contributed by atoms with Crippen molar-refractivity contribution in [3.63, 3.8) is 0 Å². The summed E-state index contributed by atoms with van der Waals surface area (Å²) in [7, 11) is 0. The van der Waals surface area contributed by atoms with Crippen LogP contribution in [0.1, 0.15) is 34.9 Å². The van der Waals surface area contributed by atoms with E-state index in [0.717, 1.165) is 25.2 Å². The van der Waals surface area contributed by atoms with Gasteiger partial charge in [-0.15, -0.1) is 0 Å². The van der Waals surface area contributed by atoms with Crippen LogP contribution in [-0.2, 0) is 4.74 Å². The van der Waals surface area contributed by atoms with Gasteiger partial charge in [-0.3, -0.25) is 4.90 Å². The van der Waals surface area contributed by atoms with Gasteiger partial charge in [-0.1, -0.05) is 41.9 Å². The van der Waals surface area contributed by atoms with Gasteiger partial charge >= 0.3 is 5.97 Å². The maximum Gasteiger partial charge on any atom is 0.338 e. The molecule has 1 heterocycles. The van der Waals surface area contributed by atoms with Gasteiger partial charge in [0.1, 0.15) is 6.10 Å². The molecular formula is C19H20ClNO2. The van der Waals surface area contributed by atoms with Crippen LogP contribution in [0.4, 0.5) is 0 Å². The molecule has 0 amide bonds. The minimum atomic E-state index is -0.310. The van der Waals surface area contributed by atoms with Crippen LogP contribution in [0.25, 0.3) is 0 Å². The number of esters is 1. The molecule has 3 rings (SSSR count). The second-order valence-corrected chi connectivity index (χ2v) is 6.26. The van der Waals surface area contributed by atoms with Gasteiger partial charge in [-0.05, 0) is 55.8 Å². The van der Waals surface area contributed by atoms with E-state index < -0.39 is 0 Å².